The summed E-state index contributed by atoms with van der Waals surface area (Å²) in [5.74, 6) is -2.50. The molecule has 1 aromatic rings. The van der Waals surface area contributed by atoms with Gasteiger partial charge in [0.2, 0.25) is 12.0 Å². The summed E-state index contributed by atoms with van der Waals surface area (Å²) < 4.78 is 15.8. The van der Waals surface area contributed by atoms with E-state index in [0.717, 1.165) is 31.4 Å². The number of carbonyl (C=O) groups is 1. The van der Waals surface area contributed by atoms with E-state index in [1.54, 1.807) is 0 Å². The second-order valence-electron chi connectivity index (χ2n) is 8.98. The zero-order valence-corrected chi connectivity index (χ0v) is 20.3. The minimum Gasteiger partial charge on any atom is -0.504 e. The molecule has 1 aliphatic heterocycles. The van der Waals surface area contributed by atoms with Crippen molar-refractivity contribution >= 4 is 5.97 Å². The highest BCUT2D eigenvalue weighted by Gasteiger charge is 2.45. The van der Waals surface area contributed by atoms with Gasteiger partial charge in [-0.15, -0.1) is 0 Å². The van der Waals surface area contributed by atoms with E-state index in [-0.39, 0.29) is 12.2 Å². The number of rotatable bonds is 15. The quantitative estimate of drug-likeness (QED) is 0.120. The van der Waals surface area contributed by atoms with Crippen LogP contribution in [-0.2, 0) is 9.47 Å². The van der Waals surface area contributed by atoms with E-state index in [4.69, 9.17) is 14.2 Å². The predicted molar refractivity (Wildman–Crippen MR) is 126 cm³/mol. The van der Waals surface area contributed by atoms with Gasteiger partial charge in [0.25, 0.3) is 0 Å². The van der Waals surface area contributed by atoms with Crippen LogP contribution in [0.5, 0.6) is 17.2 Å². The van der Waals surface area contributed by atoms with Gasteiger partial charge < -0.3 is 44.8 Å². The van der Waals surface area contributed by atoms with Crippen LogP contribution in [0, 0.1) is 0 Å². The maximum Gasteiger partial charge on any atom is 0.338 e. The van der Waals surface area contributed by atoms with Crippen LogP contribution < -0.4 is 4.74 Å². The molecule has 10 heteroatoms. The first kappa shape index (κ1) is 29.1. The lowest BCUT2D eigenvalue weighted by Gasteiger charge is -2.39. The summed E-state index contributed by atoms with van der Waals surface area (Å²) in [7, 11) is 0. The van der Waals surface area contributed by atoms with Crippen LogP contribution in [0.4, 0.5) is 0 Å². The first-order chi connectivity index (χ1) is 16.8. The Hall–Kier alpha value is -2.11. The third-order valence-electron chi connectivity index (χ3n) is 6.11. The summed E-state index contributed by atoms with van der Waals surface area (Å²) in [6.45, 7) is 1.75. The highest BCUT2D eigenvalue weighted by Crippen LogP contribution is 2.38. The molecule has 1 aromatic carbocycles. The average Bonchev–Trinajstić information content (AvgIpc) is 2.85. The molecule has 0 saturated carbocycles. The average molecular weight is 501 g/mol. The maximum absolute atomic E-state index is 12.4. The van der Waals surface area contributed by atoms with Crippen molar-refractivity contribution in [3.05, 3.63) is 17.7 Å². The molecule has 0 aromatic heterocycles. The monoisotopic (exact) mass is 500 g/mol. The third-order valence-corrected chi connectivity index (χ3v) is 6.11. The normalized spacial score (nSPS) is 24.3. The molecule has 10 nitrogen and oxygen atoms in total. The Morgan fingerprint density at radius 3 is 2.09 bits per heavy atom. The van der Waals surface area contributed by atoms with Crippen molar-refractivity contribution in [2.24, 2.45) is 0 Å². The van der Waals surface area contributed by atoms with Crippen molar-refractivity contribution in [3.8, 4) is 17.2 Å². The Kier molecular flexibility index (Phi) is 12.6. The second kappa shape index (κ2) is 15.1. The molecule has 5 atom stereocenters. The molecule has 1 saturated heterocycles. The number of unbranched alkanes of at least 4 members (excludes halogenated alkanes) is 9. The minimum atomic E-state index is -1.72. The van der Waals surface area contributed by atoms with Gasteiger partial charge in [0, 0.05) is 0 Å². The topological polar surface area (TPSA) is 166 Å². The summed E-state index contributed by atoms with van der Waals surface area (Å²) in [5.41, 5.74) is -0.0908. The van der Waals surface area contributed by atoms with Gasteiger partial charge in [-0.05, 0) is 18.6 Å². The maximum atomic E-state index is 12.4. The standard InChI is InChI=1S/C25H40O10/c1-2-3-4-5-6-7-8-9-10-11-12-33-24(32)16-13-17(27)20(28)18(14-16)34-25-23(31)22(30)21(29)19(15-26)35-25/h13-14,19,21-23,25-31H,2-12,15H2,1H3/t19-,21-,22+,23-,25-/m1/s1. The number of esters is 1. The molecule has 1 heterocycles. The van der Waals surface area contributed by atoms with Crippen LogP contribution in [0.3, 0.4) is 0 Å². The minimum absolute atomic E-state index is 0.0908. The summed E-state index contributed by atoms with van der Waals surface area (Å²) >= 11 is 0. The second-order valence-corrected chi connectivity index (χ2v) is 8.98. The van der Waals surface area contributed by atoms with Crippen molar-refractivity contribution < 1.29 is 49.6 Å². The van der Waals surface area contributed by atoms with E-state index < -0.39 is 60.5 Å². The van der Waals surface area contributed by atoms with Gasteiger partial charge in [0.15, 0.2) is 11.5 Å². The lowest BCUT2D eigenvalue weighted by molar-refractivity contribution is -0.277. The summed E-state index contributed by atoms with van der Waals surface area (Å²) in [6.07, 6.45) is 3.68. The number of hydrogen-bond donors (Lipinski definition) is 6. The number of aliphatic hydroxyl groups excluding tert-OH is 4. The van der Waals surface area contributed by atoms with Crippen LogP contribution in [0.15, 0.2) is 12.1 Å². The van der Waals surface area contributed by atoms with Crippen molar-refractivity contribution in [3.63, 3.8) is 0 Å². The Balaban J connectivity index is 1.82. The molecule has 0 radical (unpaired) electrons. The molecule has 0 unspecified atom stereocenters. The highest BCUT2D eigenvalue weighted by atomic mass is 16.7. The number of hydrogen-bond acceptors (Lipinski definition) is 10. The van der Waals surface area contributed by atoms with Gasteiger partial charge in [0.1, 0.15) is 24.4 Å². The van der Waals surface area contributed by atoms with Crippen molar-refractivity contribution in [1.29, 1.82) is 0 Å². The fraction of sp³-hybridized carbons (Fsp3) is 0.720. The number of aliphatic hydroxyl groups is 4. The fourth-order valence-corrected chi connectivity index (χ4v) is 3.93. The molecule has 0 amide bonds. The summed E-state index contributed by atoms with van der Waals surface area (Å²) in [5, 5.41) is 59.3. The number of benzene rings is 1. The first-order valence-corrected chi connectivity index (χ1v) is 12.5. The van der Waals surface area contributed by atoms with Gasteiger partial charge in [-0.1, -0.05) is 64.7 Å². The molecule has 1 fully saturated rings. The Bertz CT molecular complexity index is 769. The number of phenolic OH excluding ortho intramolecular Hbond substituents is 2. The molecule has 0 bridgehead atoms. The molecule has 1 aliphatic rings. The zero-order valence-electron chi connectivity index (χ0n) is 20.3. The van der Waals surface area contributed by atoms with Gasteiger partial charge in [0.05, 0.1) is 18.8 Å². The fourth-order valence-electron chi connectivity index (χ4n) is 3.93. The van der Waals surface area contributed by atoms with Crippen LogP contribution >= 0.6 is 0 Å². The lowest BCUT2D eigenvalue weighted by Crippen LogP contribution is -2.60. The molecular formula is C25H40O10. The predicted octanol–water partition coefficient (Wildman–Crippen LogP) is 2.35. The SMILES string of the molecule is CCCCCCCCCCCCOC(=O)c1cc(O)c(O)c(O[C@@H]2O[C@H](CO)[C@@H](O)[C@H](O)[C@H]2O)c1. The van der Waals surface area contributed by atoms with Crippen LogP contribution in [0.25, 0.3) is 0 Å². The zero-order chi connectivity index (χ0) is 25.8. The Labute approximate surface area is 206 Å². The number of carbonyl (C=O) groups excluding carboxylic acids is 1. The van der Waals surface area contributed by atoms with Gasteiger partial charge in [-0.3, -0.25) is 0 Å². The molecular weight excluding hydrogens is 460 g/mol. The van der Waals surface area contributed by atoms with E-state index in [1.807, 2.05) is 0 Å². The van der Waals surface area contributed by atoms with Crippen molar-refractivity contribution in [1.82, 2.24) is 0 Å². The van der Waals surface area contributed by atoms with Crippen LogP contribution in [-0.4, -0.2) is 80.5 Å². The molecule has 0 spiro atoms. The van der Waals surface area contributed by atoms with E-state index in [9.17, 15) is 35.4 Å². The molecule has 6 N–H and O–H groups in total. The molecule has 200 valence electrons. The van der Waals surface area contributed by atoms with E-state index in [0.29, 0.717) is 6.42 Å². The van der Waals surface area contributed by atoms with Gasteiger partial charge >= 0.3 is 5.97 Å². The lowest BCUT2D eigenvalue weighted by atomic mass is 9.99. The molecule has 0 aliphatic carbocycles. The Morgan fingerprint density at radius 1 is 0.886 bits per heavy atom. The largest absolute Gasteiger partial charge is 0.504 e. The summed E-state index contributed by atoms with van der Waals surface area (Å²) in [6, 6.07) is 2.13. The third kappa shape index (κ3) is 8.80. The van der Waals surface area contributed by atoms with Crippen LogP contribution in [0.2, 0.25) is 0 Å². The van der Waals surface area contributed by atoms with E-state index >= 15 is 0 Å². The number of ether oxygens (including phenoxy) is 3. The van der Waals surface area contributed by atoms with Crippen LogP contribution in [0.1, 0.15) is 81.5 Å². The van der Waals surface area contributed by atoms with E-state index in [1.165, 1.54) is 38.5 Å². The molecule has 35 heavy (non-hydrogen) atoms. The van der Waals surface area contributed by atoms with Crippen molar-refractivity contribution in [2.75, 3.05) is 13.2 Å². The molecule has 2 rings (SSSR count). The number of phenols is 2. The highest BCUT2D eigenvalue weighted by molar-refractivity contribution is 5.91. The van der Waals surface area contributed by atoms with Gasteiger partial charge in [-0.25, -0.2) is 4.79 Å². The summed E-state index contributed by atoms with van der Waals surface area (Å²) in [4.78, 5) is 12.4. The first-order valence-electron chi connectivity index (χ1n) is 12.5. The van der Waals surface area contributed by atoms with Gasteiger partial charge in [-0.2, -0.15) is 0 Å². The van der Waals surface area contributed by atoms with E-state index in [2.05, 4.69) is 6.92 Å². The smallest absolute Gasteiger partial charge is 0.338 e. The van der Waals surface area contributed by atoms with Crippen molar-refractivity contribution in [2.45, 2.75) is 102 Å². The number of aromatic hydroxyl groups is 2. The Morgan fingerprint density at radius 2 is 1.49 bits per heavy atom.